The molecule has 0 aromatic heterocycles. The SMILES string of the molecule is Cc1cccc(S(=O)(=O)NC2CCCCNC2=O)c1. The van der Waals surface area contributed by atoms with Crippen molar-refractivity contribution < 1.29 is 13.2 Å². The van der Waals surface area contributed by atoms with E-state index < -0.39 is 16.1 Å². The van der Waals surface area contributed by atoms with E-state index >= 15 is 0 Å². The van der Waals surface area contributed by atoms with E-state index in [-0.39, 0.29) is 10.8 Å². The summed E-state index contributed by atoms with van der Waals surface area (Å²) in [6.07, 6.45) is 2.25. The number of carbonyl (C=O) groups excluding carboxylic acids is 1. The van der Waals surface area contributed by atoms with Crippen LogP contribution in [0.15, 0.2) is 29.2 Å². The predicted octanol–water partition coefficient (Wildman–Crippen LogP) is 0.942. The molecule has 1 aromatic rings. The van der Waals surface area contributed by atoms with Gasteiger partial charge in [-0.3, -0.25) is 4.79 Å². The van der Waals surface area contributed by atoms with Crippen molar-refractivity contribution in [2.24, 2.45) is 0 Å². The summed E-state index contributed by atoms with van der Waals surface area (Å²) >= 11 is 0. The first-order valence-electron chi connectivity index (χ1n) is 6.36. The zero-order valence-corrected chi connectivity index (χ0v) is 11.7. The van der Waals surface area contributed by atoms with Crippen molar-refractivity contribution in [1.82, 2.24) is 10.0 Å². The Hall–Kier alpha value is -1.40. The van der Waals surface area contributed by atoms with Gasteiger partial charge in [-0.15, -0.1) is 0 Å². The first kappa shape index (κ1) is 14.0. The van der Waals surface area contributed by atoms with Crippen molar-refractivity contribution in [3.05, 3.63) is 29.8 Å². The van der Waals surface area contributed by atoms with Crippen molar-refractivity contribution in [2.75, 3.05) is 6.54 Å². The molecule has 1 aliphatic heterocycles. The highest BCUT2D eigenvalue weighted by molar-refractivity contribution is 7.89. The lowest BCUT2D eigenvalue weighted by Crippen LogP contribution is -2.45. The van der Waals surface area contributed by atoms with Gasteiger partial charge in [0.05, 0.1) is 4.90 Å². The van der Waals surface area contributed by atoms with Gasteiger partial charge in [0.25, 0.3) is 0 Å². The third-order valence-corrected chi connectivity index (χ3v) is 4.60. The van der Waals surface area contributed by atoms with Gasteiger partial charge in [-0.25, -0.2) is 8.42 Å². The van der Waals surface area contributed by atoms with E-state index in [0.717, 1.165) is 18.4 Å². The molecule has 1 aliphatic rings. The fraction of sp³-hybridized carbons (Fsp3) is 0.462. The molecule has 0 bridgehead atoms. The molecule has 104 valence electrons. The molecule has 2 N–H and O–H groups in total. The van der Waals surface area contributed by atoms with E-state index in [1.54, 1.807) is 12.1 Å². The van der Waals surface area contributed by atoms with Gasteiger partial charge in [0.1, 0.15) is 6.04 Å². The van der Waals surface area contributed by atoms with Crippen LogP contribution in [0.25, 0.3) is 0 Å². The lowest BCUT2D eigenvalue weighted by molar-refractivity contribution is -0.122. The van der Waals surface area contributed by atoms with Crippen LogP contribution >= 0.6 is 0 Å². The average molecular weight is 282 g/mol. The lowest BCUT2D eigenvalue weighted by atomic mass is 10.1. The molecule has 5 nitrogen and oxygen atoms in total. The number of benzene rings is 1. The number of carbonyl (C=O) groups is 1. The van der Waals surface area contributed by atoms with Crippen LogP contribution in [0.1, 0.15) is 24.8 Å². The maximum atomic E-state index is 12.2. The Morgan fingerprint density at radius 2 is 2.11 bits per heavy atom. The zero-order valence-electron chi connectivity index (χ0n) is 10.8. The second-order valence-electron chi connectivity index (χ2n) is 4.78. The minimum Gasteiger partial charge on any atom is -0.355 e. The summed E-state index contributed by atoms with van der Waals surface area (Å²) in [6, 6.07) is 5.97. The van der Waals surface area contributed by atoms with Gasteiger partial charge in [0.2, 0.25) is 15.9 Å². The van der Waals surface area contributed by atoms with Gasteiger partial charge in [-0.05, 0) is 43.9 Å². The largest absolute Gasteiger partial charge is 0.355 e. The second kappa shape index (κ2) is 5.71. The molecule has 0 spiro atoms. The van der Waals surface area contributed by atoms with Crippen LogP contribution in [0.5, 0.6) is 0 Å². The maximum absolute atomic E-state index is 12.2. The zero-order chi connectivity index (χ0) is 13.9. The normalized spacial score (nSPS) is 20.7. The van der Waals surface area contributed by atoms with Crippen LogP contribution < -0.4 is 10.0 Å². The van der Waals surface area contributed by atoms with Crippen LogP contribution in [-0.4, -0.2) is 26.9 Å². The highest BCUT2D eigenvalue weighted by atomic mass is 32.2. The molecule has 0 aliphatic carbocycles. The summed E-state index contributed by atoms with van der Waals surface area (Å²) < 4.78 is 26.9. The molecular weight excluding hydrogens is 264 g/mol. The standard InChI is InChI=1S/C13H18N2O3S/c1-10-5-4-6-11(9-10)19(17,18)15-12-7-2-3-8-14-13(12)16/h4-6,9,12,15H,2-3,7-8H2,1H3,(H,14,16). The van der Waals surface area contributed by atoms with Crippen molar-refractivity contribution in [3.8, 4) is 0 Å². The summed E-state index contributed by atoms with van der Waals surface area (Å²) in [6.45, 7) is 2.44. The number of rotatable bonds is 3. The molecule has 0 saturated carbocycles. The second-order valence-corrected chi connectivity index (χ2v) is 6.49. The Labute approximate surface area is 113 Å². The van der Waals surface area contributed by atoms with E-state index in [0.29, 0.717) is 13.0 Å². The molecule has 0 radical (unpaired) electrons. The first-order valence-corrected chi connectivity index (χ1v) is 7.84. The van der Waals surface area contributed by atoms with Crippen LogP contribution in [0.2, 0.25) is 0 Å². The summed E-state index contributed by atoms with van der Waals surface area (Å²) in [5.41, 5.74) is 0.869. The van der Waals surface area contributed by atoms with E-state index in [9.17, 15) is 13.2 Å². The van der Waals surface area contributed by atoms with Crippen molar-refractivity contribution in [1.29, 1.82) is 0 Å². The molecule has 1 amide bonds. The Kier molecular flexibility index (Phi) is 4.21. The molecule has 1 aromatic carbocycles. The molecule has 6 heteroatoms. The van der Waals surface area contributed by atoms with E-state index in [4.69, 9.17) is 0 Å². The molecule has 2 rings (SSSR count). The smallest absolute Gasteiger partial charge is 0.241 e. The van der Waals surface area contributed by atoms with Gasteiger partial charge >= 0.3 is 0 Å². The predicted molar refractivity (Wildman–Crippen MR) is 72.1 cm³/mol. The lowest BCUT2D eigenvalue weighted by Gasteiger charge is -2.15. The van der Waals surface area contributed by atoms with Crippen molar-refractivity contribution in [2.45, 2.75) is 37.1 Å². The molecule has 1 fully saturated rings. The molecular formula is C13H18N2O3S. The maximum Gasteiger partial charge on any atom is 0.241 e. The van der Waals surface area contributed by atoms with E-state index in [1.165, 1.54) is 6.07 Å². The highest BCUT2D eigenvalue weighted by Crippen LogP contribution is 2.13. The number of hydrogen-bond acceptors (Lipinski definition) is 3. The van der Waals surface area contributed by atoms with Crippen LogP contribution in [0.3, 0.4) is 0 Å². The summed E-state index contributed by atoms with van der Waals surface area (Å²) in [7, 11) is -3.64. The fourth-order valence-electron chi connectivity index (χ4n) is 2.09. The molecule has 1 saturated heterocycles. The topological polar surface area (TPSA) is 75.3 Å². The third-order valence-electron chi connectivity index (χ3n) is 3.13. The quantitative estimate of drug-likeness (QED) is 0.866. The summed E-state index contributed by atoms with van der Waals surface area (Å²) in [4.78, 5) is 12.0. The van der Waals surface area contributed by atoms with Crippen LogP contribution in [0.4, 0.5) is 0 Å². The minimum atomic E-state index is -3.64. The van der Waals surface area contributed by atoms with Gasteiger partial charge in [-0.1, -0.05) is 12.1 Å². The average Bonchev–Trinajstić information content (AvgIpc) is 2.55. The summed E-state index contributed by atoms with van der Waals surface area (Å²) in [5.74, 6) is -0.242. The third kappa shape index (κ3) is 3.54. The van der Waals surface area contributed by atoms with E-state index in [1.807, 2.05) is 13.0 Å². The Morgan fingerprint density at radius 1 is 1.32 bits per heavy atom. The highest BCUT2D eigenvalue weighted by Gasteiger charge is 2.26. The van der Waals surface area contributed by atoms with Crippen LogP contribution in [-0.2, 0) is 14.8 Å². The van der Waals surface area contributed by atoms with Crippen molar-refractivity contribution >= 4 is 15.9 Å². The van der Waals surface area contributed by atoms with E-state index in [2.05, 4.69) is 10.0 Å². The Bertz CT molecular complexity index is 569. The Morgan fingerprint density at radius 3 is 2.84 bits per heavy atom. The van der Waals surface area contributed by atoms with Gasteiger partial charge < -0.3 is 5.32 Å². The first-order chi connectivity index (χ1) is 8.99. The molecule has 19 heavy (non-hydrogen) atoms. The van der Waals surface area contributed by atoms with Gasteiger partial charge in [-0.2, -0.15) is 4.72 Å². The molecule has 1 atom stereocenters. The van der Waals surface area contributed by atoms with Gasteiger partial charge in [0, 0.05) is 6.54 Å². The number of sulfonamides is 1. The Balaban J connectivity index is 2.18. The number of hydrogen-bond donors (Lipinski definition) is 2. The number of nitrogens with one attached hydrogen (secondary N) is 2. The molecule has 1 heterocycles. The number of aryl methyl sites for hydroxylation is 1. The molecule has 1 unspecified atom stereocenters. The number of amides is 1. The monoisotopic (exact) mass is 282 g/mol. The fourth-order valence-corrected chi connectivity index (χ4v) is 3.42. The minimum absolute atomic E-state index is 0.199. The van der Waals surface area contributed by atoms with Crippen LogP contribution in [0, 0.1) is 6.92 Å². The summed E-state index contributed by atoms with van der Waals surface area (Å²) in [5, 5.41) is 2.71. The van der Waals surface area contributed by atoms with Gasteiger partial charge in [0.15, 0.2) is 0 Å². The van der Waals surface area contributed by atoms with Crippen molar-refractivity contribution in [3.63, 3.8) is 0 Å².